The highest BCUT2D eigenvalue weighted by atomic mass is 19.1. The molecule has 0 radical (unpaired) electrons. The Kier molecular flexibility index (Phi) is 1.97. The quantitative estimate of drug-likeness (QED) is 0.734. The minimum absolute atomic E-state index is 0.416. The highest BCUT2D eigenvalue weighted by molar-refractivity contribution is 5.85. The molecule has 0 unspecified atom stereocenters. The number of hydrogen-bond acceptors (Lipinski definition) is 1. The first kappa shape index (κ1) is 8.76. The minimum Gasteiger partial charge on any atom is -0.359 e. The maximum atomic E-state index is 12.7. The third-order valence-electron chi connectivity index (χ3n) is 2.30. The number of aryl methyl sites for hydroxylation is 1. The molecule has 2 rings (SSSR count). The summed E-state index contributed by atoms with van der Waals surface area (Å²) in [5, 5.41) is 9.60. The van der Waals surface area contributed by atoms with Crippen LogP contribution in [0, 0.1) is 18.3 Å². The topological polar surface area (TPSA) is 39.6 Å². The van der Waals surface area contributed by atoms with Crippen LogP contribution in [-0.2, 0) is 6.67 Å². The second kappa shape index (κ2) is 3.15. The van der Waals surface area contributed by atoms with Crippen molar-refractivity contribution in [1.29, 1.82) is 5.26 Å². The van der Waals surface area contributed by atoms with Crippen molar-refractivity contribution in [1.82, 2.24) is 4.98 Å². The lowest BCUT2D eigenvalue weighted by Gasteiger charge is -1.99. The van der Waals surface area contributed by atoms with Crippen molar-refractivity contribution >= 4 is 10.9 Å². The third kappa shape index (κ3) is 1.16. The van der Waals surface area contributed by atoms with Crippen LogP contribution < -0.4 is 0 Å². The normalized spacial score (nSPS) is 10.4. The first-order valence-corrected chi connectivity index (χ1v) is 4.33. The van der Waals surface area contributed by atoms with Crippen molar-refractivity contribution in [3.63, 3.8) is 0 Å². The molecule has 1 aromatic carbocycles. The van der Waals surface area contributed by atoms with Crippen LogP contribution in [0.25, 0.3) is 10.9 Å². The molecular weight excluding hydrogens is 179 g/mol. The molecule has 1 aromatic heterocycles. The molecule has 0 saturated carbocycles. The number of nitrogens with zero attached hydrogens (tertiary/aromatic N) is 1. The van der Waals surface area contributed by atoms with E-state index in [-0.39, 0.29) is 0 Å². The molecule has 1 N–H and O–H groups in total. The number of alkyl halides is 1. The van der Waals surface area contributed by atoms with E-state index in [1.54, 1.807) is 12.1 Å². The van der Waals surface area contributed by atoms with Gasteiger partial charge >= 0.3 is 0 Å². The minimum atomic E-state index is -0.600. The van der Waals surface area contributed by atoms with Gasteiger partial charge < -0.3 is 4.98 Å². The van der Waals surface area contributed by atoms with Gasteiger partial charge in [0.15, 0.2) is 0 Å². The van der Waals surface area contributed by atoms with E-state index in [4.69, 9.17) is 5.26 Å². The average Bonchev–Trinajstić information content (AvgIpc) is 2.56. The molecule has 0 amide bonds. The van der Waals surface area contributed by atoms with Crippen LogP contribution in [0.1, 0.15) is 16.8 Å². The molecule has 0 aliphatic carbocycles. The molecule has 0 spiro atoms. The van der Waals surface area contributed by atoms with E-state index in [0.29, 0.717) is 11.1 Å². The number of fused-ring (bicyclic) bond motifs is 1. The van der Waals surface area contributed by atoms with E-state index < -0.39 is 6.67 Å². The summed E-state index contributed by atoms with van der Waals surface area (Å²) in [4.78, 5) is 3.11. The molecule has 1 heterocycles. The summed E-state index contributed by atoms with van der Waals surface area (Å²) in [6.45, 7) is 1.31. The predicted octanol–water partition coefficient (Wildman–Crippen LogP) is 2.82. The van der Waals surface area contributed by atoms with Crippen LogP contribution in [0.15, 0.2) is 18.2 Å². The Morgan fingerprint density at radius 2 is 2.29 bits per heavy atom. The van der Waals surface area contributed by atoms with Crippen LogP contribution in [0.4, 0.5) is 4.39 Å². The van der Waals surface area contributed by atoms with E-state index in [0.717, 1.165) is 16.6 Å². The number of H-pyrrole nitrogens is 1. The molecule has 0 fully saturated rings. The molecule has 0 saturated heterocycles. The SMILES string of the molecule is Cc1cc2c(CF)c(C#N)ccc2[nH]1. The molecule has 3 heteroatoms. The number of halogens is 1. The van der Waals surface area contributed by atoms with Crippen molar-refractivity contribution in [3.8, 4) is 6.07 Å². The van der Waals surface area contributed by atoms with E-state index in [1.807, 2.05) is 19.1 Å². The highest BCUT2D eigenvalue weighted by Crippen LogP contribution is 2.23. The molecule has 14 heavy (non-hydrogen) atoms. The Morgan fingerprint density at radius 1 is 1.50 bits per heavy atom. The second-order valence-electron chi connectivity index (χ2n) is 3.25. The van der Waals surface area contributed by atoms with Gasteiger partial charge in [-0.25, -0.2) is 4.39 Å². The summed E-state index contributed by atoms with van der Waals surface area (Å²) < 4.78 is 12.7. The predicted molar refractivity (Wildman–Crippen MR) is 52.6 cm³/mol. The number of rotatable bonds is 1. The van der Waals surface area contributed by atoms with Crippen LogP contribution in [0.3, 0.4) is 0 Å². The summed E-state index contributed by atoms with van der Waals surface area (Å²) in [7, 11) is 0. The fourth-order valence-corrected chi connectivity index (χ4v) is 1.65. The molecule has 0 aliphatic heterocycles. The van der Waals surface area contributed by atoms with Crippen molar-refractivity contribution in [2.24, 2.45) is 0 Å². The summed E-state index contributed by atoms with van der Waals surface area (Å²) in [5.74, 6) is 0. The van der Waals surface area contributed by atoms with Crippen LogP contribution in [0.2, 0.25) is 0 Å². The lowest BCUT2D eigenvalue weighted by molar-refractivity contribution is 0.487. The Hall–Kier alpha value is -1.82. The number of aromatic amines is 1. The van der Waals surface area contributed by atoms with Gasteiger partial charge in [-0.3, -0.25) is 0 Å². The molecule has 2 aromatic rings. The zero-order valence-corrected chi connectivity index (χ0v) is 7.76. The van der Waals surface area contributed by atoms with Crippen molar-refractivity contribution in [3.05, 3.63) is 35.0 Å². The fraction of sp³-hybridized carbons (Fsp3) is 0.182. The van der Waals surface area contributed by atoms with Gasteiger partial charge in [0.05, 0.1) is 11.6 Å². The maximum Gasteiger partial charge on any atom is 0.116 e. The van der Waals surface area contributed by atoms with E-state index in [9.17, 15) is 4.39 Å². The lowest BCUT2D eigenvalue weighted by atomic mass is 10.1. The van der Waals surface area contributed by atoms with Crippen molar-refractivity contribution in [2.45, 2.75) is 13.6 Å². The van der Waals surface area contributed by atoms with Gasteiger partial charge in [-0.05, 0) is 25.1 Å². The third-order valence-corrected chi connectivity index (χ3v) is 2.30. The molecule has 70 valence electrons. The van der Waals surface area contributed by atoms with E-state index >= 15 is 0 Å². The summed E-state index contributed by atoms with van der Waals surface area (Å²) >= 11 is 0. The molecular formula is C11H9FN2. The number of aromatic nitrogens is 1. The van der Waals surface area contributed by atoms with E-state index in [1.165, 1.54) is 0 Å². The monoisotopic (exact) mass is 188 g/mol. The molecule has 0 aliphatic rings. The number of benzene rings is 1. The average molecular weight is 188 g/mol. The second-order valence-corrected chi connectivity index (χ2v) is 3.25. The summed E-state index contributed by atoms with van der Waals surface area (Å²) in [6, 6.07) is 7.31. The summed E-state index contributed by atoms with van der Waals surface area (Å²) in [5.41, 5.74) is 2.76. The Bertz CT molecular complexity index is 520. The zero-order chi connectivity index (χ0) is 10.1. The zero-order valence-electron chi connectivity index (χ0n) is 7.76. The van der Waals surface area contributed by atoms with Crippen LogP contribution in [0.5, 0.6) is 0 Å². The maximum absolute atomic E-state index is 12.7. The van der Waals surface area contributed by atoms with Gasteiger partial charge in [0, 0.05) is 22.2 Å². The Morgan fingerprint density at radius 3 is 2.93 bits per heavy atom. The van der Waals surface area contributed by atoms with Crippen molar-refractivity contribution in [2.75, 3.05) is 0 Å². The standard InChI is InChI=1S/C11H9FN2/c1-7-4-9-10(5-12)8(6-13)2-3-11(9)14-7/h2-4,14H,5H2,1H3. The van der Waals surface area contributed by atoms with Gasteiger partial charge in [0.1, 0.15) is 6.67 Å². The van der Waals surface area contributed by atoms with E-state index in [2.05, 4.69) is 4.98 Å². The first-order valence-electron chi connectivity index (χ1n) is 4.33. The molecule has 0 bridgehead atoms. The smallest absolute Gasteiger partial charge is 0.116 e. The van der Waals surface area contributed by atoms with Crippen LogP contribution in [-0.4, -0.2) is 4.98 Å². The number of nitrogens with one attached hydrogen (secondary N) is 1. The lowest BCUT2D eigenvalue weighted by Crippen LogP contribution is -1.86. The summed E-state index contributed by atoms with van der Waals surface area (Å²) in [6.07, 6.45) is 0. The first-order chi connectivity index (χ1) is 6.76. The van der Waals surface area contributed by atoms with Crippen LogP contribution >= 0.6 is 0 Å². The molecule has 0 atom stereocenters. The Balaban J connectivity index is 2.84. The van der Waals surface area contributed by atoms with Gasteiger partial charge in [-0.15, -0.1) is 0 Å². The fourth-order valence-electron chi connectivity index (χ4n) is 1.65. The van der Waals surface area contributed by atoms with Gasteiger partial charge in [0.2, 0.25) is 0 Å². The van der Waals surface area contributed by atoms with Gasteiger partial charge in [-0.1, -0.05) is 0 Å². The highest BCUT2D eigenvalue weighted by Gasteiger charge is 2.08. The largest absolute Gasteiger partial charge is 0.359 e. The van der Waals surface area contributed by atoms with Crippen molar-refractivity contribution < 1.29 is 4.39 Å². The van der Waals surface area contributed by atoms with Gasteiger partial charge in [-0.2, -0.15) is 5.26 Å². The van der Waals surface area contributed by atoms with Gasteiger partial charge in [0.25, 0.3) is 0 Å². The number of hydrogen-bond donors (Lipinski definition) is 1. The number of nitriles is 1. The Labute approximate surface area is 81.0 Å². The molecule has 2 nitrogen and oxygen atoms in total.